The minimum absolute atomic E-state index is 0.657. The SMILES string of the molecule is c1ccc(-c2cc(-c3ccc4sc5c(-c6nc(-c7ccccc7)nc(-c7ccccc7)n6)cccc5c4c3)c3c(c2)oc2ccccc23)cc1. The molecular formula is C45H27N3OS. The highest BCUT2D eigenvalue weighted by Crippen LogP contribution is 2.44. The molecule has 0 unspecified atom stereocenters. The predicted molar refractivity (Wildman–Crippen MR) is 207 cm³/mol. The average Bonchev–Trinajstić information content (AvgIpc) is 3.76. The van der Waals surface area contributed by atoms with Crippen molar-refractivity contribution in [1.82, 2.24) is 15.0 Å². The number of thiophene rings is 1. The van der Waals surface area contributed by atoms with Gasteiger partial charge >= 0.3 is 0 Å². The standard InChI is InChI=1S/C45H27N3OS/c1-4-13-28(14-5-1)32-26-36(41-34-19-10-11-22-38(34)49-39(41)27-32)31-23-24-40-37(25-31)33-20-12-21-35(42(33)50-40)45-47-43(29-15-6-2-7-16-29)46-44(48-45)30-17-8-3-9-18-30/h1-27H. The van der Waals surface area contributed by atoms with Crippen molar-refractivity contribution in [1.29, 1.82) is 0 Å². The number of furan rings is 1. The molecule has 0 aliphatic carbocycles. The monoisotopic (exact) mass is 657 g/mol. The lowest BCUT2D eigenvalue weighted by molar-refractivity contribution is 0.669. The second kappa shape index (κ2) is 11.6. The Morgan fingerprint density at radius 1 is 0.380 bits per heavy atom. The molecule has 0 saturated heterocycles. The Morgan fingerprint density at radius 3 is 1.72 bits per heavy atom. The summed E-state index contributed by atoms with van der Waals surface area (Å²) in [5, 5.41) is 4.63. The zero-order valence-electron chi connectivity index (χ0n) is 26.7. The molecule has 50 heavy (non-hydrogen) atoms. The van der Waals surface area contributed by atoms with Crippen LogP contribution in [0.3, 0.4) is 0 Å². The first-order valence-electron chi connectivity index (χ1n) is 16.6. The van der Waals surface area contributed by atoms with E-state index in [0.717, 1.165) is 65.6 Å². The summed E-state index contributed by atoms with van der Waals surface area (Å²) in [4.78, 5) is 15.0. The van der Waals surface area contributed by atoms with E-state index in [1.807, 2.05) is 72.8 Å². The molecule has 5 heteroatoms. The van der Waals surface area contributed by atoms with Crippen molar-refractivity contribution in [3.05, 3.63) is 164 Å². The van der Waals surface area contributed by atoms with Gasteiger partial charge in [0.1, 0.15) is 11.2 Å². The summed E-state index contributed by atoms with van der Waals surface area (Å²) in [6.45, 7) is 0. The Labute approximate surface area is 292 Å². The highest BCUT2D eigenvalue weighted by Gasteiger charge is 2.19. The maximum atomic E-state index is 6.45. The van der Waals surface area contributed by atoms with E-state index in [1.165, 1.54) is 15.5 Å². The van der Waals surface area contributed by atoms with Crippen LogP contribution in [-0.4, -0.2) is 15.0 Å². The molecule has 0 bridgehead atoms. The molecule has 0 atom stereocenters. The van der Waals surface area contributed by atoms with Crippen LogP contribution >= 0.6 is 11.3 Å². The second-order valence-electron chi connectivity index (χ2n) is 12.4. The lowest BCUT2D eigenvalue weighted by atomic mass is 9.93. The first-order valence-corrected chi connectivity index (χ1v) is 17.4. The molecule has 3 aromatic heterocycles. The first kappa shape index (κ1) is 28.6. The minimum Gasteiger partial charge on any atom is -0.456 e. The molecule has 234 valence electrons. The van der Waals surface area contributed by atoms with Crippen LogP contribution in [0.5, 0.6) is 0 Å². The smallest absolute Gasteiger partial charge is 0.165 e. The van der Waals surface area contributed by atoms with Crippen LogP contribution in [0.4, 0.5) is 0 Å². The van der Waals surface area contributed by atoms with Crippen LogP contribution in [0.15, 0.2) is 168 Å². The molecule has 0 aliphatic heterocycles. The van der Waals surface area contributed by atoms with Gasteiger partial charge in [-0.05, 0) is 58.7 Å². The normalized spacial score (nSPS) is 11.6. The van der Waals surface area contributed by atoms with Crippen molar-refractivity contribution in [2.24, 2.45) is 0 Å². The molecule has 0 fully saturated rings. The molecule has 7 aromatic carbocycles. The Kier molecular flexibility index (Phi) is 6.64. The molecule has 0 radical (unpaired) electrons. The van der Waals surface area contributed by atoms with Gasteiger partial charge in [-0.15, -0.1) is 11.3 Å². The Bertz CT molecular complexity index is 2800. The van der Waals surface area contributed by atoms with Crippen LogP contribution in [0.25, 0.3) is 98.5 Å². The maximum Gasteiger partial charge on any atom is 0.165 e. The van der Waals surface area contributed by atoms with Crippen LogP contribution in [0.2, 0.25) is 0 Å². The zero-order chi connectivity index (χ0) is 33.0. The van der Waals surface area contributed by atoms with Crippen molar-refractivity contribution in [3.63, 3.8) is 0 Å². The van der Waals surface area contributed by atoms with Crippen molar-refractivity contribution >= 4 is 53.4 Å². The molecule has 3 heterocycles. The van der Waals surface area contributed by atoms with Gasteiger partial charge in [-0.25, -0.2) is 15.0 Å². The van der Waals surface area contributed by atoms with Gasteiger partial charge in [0.25, 0.3) is 0 Å². The number of rotatable bonds is 5. The highest BCUT2D eigenvalue weighted by atomic mass is 32.1. The number of nitrogens with zero attached hydrogens (tertiary/aromatic N) is 3. The van der Waals surface area contributed by atoms with Crippen LogP contribution in [0.1, 0.15) is 0 Å². The molecule has 0 amide bonds. The Balaban J connectivity index is 1.18. The predicted octanol–water partition coefficient (Wildman–Crippen LogP) is 12.5. The fourth-order valence-corrected chi connectivity index (χ4v) is 8.14. The number of fused-ring (bicyclic) bond motifs is 6. The summed E-state index contributed by atoms with van der Waals surface area (Å²) in [6.07, 6.45) is 0. The number of hydrogen-bond donors (Lipinski definition) is 0. The molecule has 0 aliphatic rings. The van der Waals surface area contributed by atoms with E-state index in [2.05, 4.69) is 91.0 Å². The van der Waals surface area contributed by atoms with Crippen molar-refractivity contribution in [3.8, 4) is 56.4 Å². The highest BCUT2D eigenvalue weighted by molar-refractivity contribution is 7.26. The van der Waals surface area contributed by atoms with Crippen molar-refractivity contribution < 1.29 is 4.42 Å². The van der Waals surface area contributed by atoms with Gasteiger partial charge in [0.15, 0.2) is 17.5 Å². The van der Waals surface area contributed by atoms with E-state index in [-0.39, 0.29) is 0 Å². The third-order valence-electron chi connectivity index (χ3n) is 9.33. The third kappa shape index (κ3) is 4.79. The number of hydrogen-bond acceptors (Lipinski definition) is 5. The largest absolute Gasteiger partial charge is 0.456 e. The molecule has 10 rings (SSSR count). The van der Waals surface area contributed by atoms with Gasteiger partial charge in [0.05, 0.1) is 0 Å². The van der Waals surface area contributed by atoms with Gasteiger partial charge in [-0.2, -0.15) is 0 Å². The molecule has 4 nitrogen and oxygen atoms in total. The average molecular weight is 658 g/mol. The summed E-state index contributed by atoms with van der Waals surface area (Å²) < 4.78 is 8.82. The fourth-order valence-electron chi connectivity index (χ4n) is 6.95. The van der Waals surface area contributed by atoms with E-state index in [4.69, 9.17) is 19.4 Å². The number of benzene rings is 7. The second-order valence-corrected chi connectivity index (χ2v) is 13.4. The van der Waals surface area contributed by atoms with Crippen LogP contribution in [-0.2, 0) is 0 Å². The van der Waals surface area contributed by atoms with E-state index in [9.17, 15) is 0 Å². The van der Waals surface area contributed by atoms with E-state index in [0.29, 0.717) is 17.5 Å². The van der Waals surface area contributed by atoms with E-state index >= 15 is 0 Å². The fraction of sp³-hybridized carbons (Fsp3) is 0. The summed E-state index contributed by atoms with van der Waals surface area (Å²) in [5.41, 5.74) is 9.27. The summed E-state index contributed by atoms with van der Waals surface area (Å²) >= 11 is 1.78. The lowest BCUT2D eigenvalue weighted by Gasteiger charge is -2.09. The molecule has 0 spiro atoms. The van der Waals surface area contributed by atoms with Crippen LogP contribution < -0.4 is 0 Å². The minimum atomic E-state index is 0.657. The summed E-state index contributed by atoms with van der Waals surface area (Å²) in [6, 6.07) is 56.8. The summed E-state index contributed by atoms with van der Waals surface area (Å²) in [5.74, 6) is 1.98. The Morgan fingerprint density at radius 2 is 1.00 bits per heavy atom. The van der Waals surface area contributed by atoms with Gasteiger partial charge in [0, 0.05) is 47.6 Å². The van der Waals surface area contributed by atoms with Gasteiger partial charge in [-0.3, -0.25) is 0 Å². The molecule has 10 aromatic rings. The van der Waals surface area contributed by atoms with Gasteiger partial charge in [-0.1, -0.05) is 127 Å². The van der Waals surface area contributed by atoms with Crippen molar-refractivity contribution in [2.75, 3.05) is 0 Å². The summed E-state index contributed by atoms with van der Waals surface area (Å²) in [7, 11) is 0. The molecule has 0 N–H and O–H groups in total. The topological polar surface area (TPSA) is 51.8 Å². The number of aromatic nitrogens is 3. The third-order valence-corrected chi connectivity index (χ3v) is 10.6. The first-order chi connectivity index (χ1) is 24.8. The Hall–Kier alpha value is -6.43. The van der Waals surface area contributed by atoms with E-state index < -0.39 is 0 Å². The molecular weight excluding hydrogens is 631 g/mol. The number of para-hydroxylation sites is 1. The van der Waals surface area contributed by atoms with Crippen molar-refractivity contribution in [2.45, 2.75) is 0 Å². The van der Waals surface area contributed by atoms with Gasteiger partial charge in [0.2, 0.25) is 0 Å². The quantitative estimate of drug-likeness (QED) is 0.185. The van der Waals surface area contributed by atoms with Crippen LogP contribution in [0, 0.1) is 0 Å². The zero-order valence-corrected chi connectivity index (χ0v) is 27.6. The molecule has 0 saturated carbocycles. The maximum absolute atomic E-state index is 6.45. The van der Waals surface area contributed by atoms with E-state index in [1.54, 1.807) is 11.3 Å². The van der Waals surface area contributed by atoms with Gasteiger partial charge < -0.3 is 4.42 Å². The lowest BCUT2D eigenvalue weighted by Crippen LogP contribution is -2.00.